The van der Waals surface area contributed by atoms with Gasteiger partial charge in [0.2, 0.25) is 0 Å². The van der Waals surface area contributed by atoms with Crippen LogP contribution in [-0.4, -0.2) is 36.1 Å². The number of nitrogens with zero attached hydrogens (tertiary/aromatic N) is 2. The Morgan fingerprint density at radius 3 is 2.23 bits per heavy atom. The molecular formula is C21H19ClN2OS. The van der Waals surface area contributed by atoms with Crippen molar-refractivity contribution in [2.75, 3.05) is 31.1 Å². The lowest BCUT2D eigenvalue weighted by Crippen LogP contribution is -2.48. The van der Waals surface area contributed by atoms with E-state index in [-0.39, 0.29) is 0 Å². The van der Waals surface area contributed by atoms with Gasteiger partial charge in [-0.25, -0.2) is 0 Å². The fourth-order valence-corrected chi connectivity index (χ4v) is 3.60. The van der Waals surface area contributed by atoms with E-state index in [1.807, 2.05) is 54.6 Å². The molecule has 2 heterocycles. The molecule has 0 unspecified atom stereocenters. The standard InChI is InChI=1S/C21H19ClN2OS/c22-17-6-8-18(9-7-17)23-12-14-24(15-13-23)21(26)20-11-10-19(25-20)16-4-2-1-3-5-16/h1-11H,12-15H2. The predicted molar refractivity (Wildman–Crippen MR) is 111 cm³/mol. The Balaban J connectivity index is 1.41. The predicted octanol–water partition coefficient (Wildman–Crippen LogP) is 5.10. The maximum absolute atomic E-state index is 6.00. The van der Waals surface area contributed by atoms with Crippen LogP contribution in [0.3, 0.4) is 0 Å². The molecule has 1 fully saturated rings. The van der Waals surface area contributed by atoms with E-state index in [2.05, 4.69) is 21.9 Å². The van der Waals surface area contributed by atoms with E-state index in [1.54, 1.807) is 0 Å². The Hall–Kier alpha value is -2.30. The van der Waals surface area contributed by atoms with Crippen LogP contribution in [-0.2, 0) is 0 Å². The summed E-state index contributed by atoms with van der Waals surface area (Å²) in [5.41, 5.74) is 2.26. The van der Waals surface area contributed by atoms with Gasteiger partial charge in [-0.05, 0) is 36.4 Å². The van der Waals surface area contributed by atoms with E-state index in [0.29, 0.717) is 0 Å². The summed E-state index contributed by atoms with van der Waals surface area (Å²) in [7, 11) is 0. The quantitative estimate of drug-likeness (QED) is 0.587. The largest absolute Gasteiger partial charge is 0.454 e. The Bertz CT molecular complexity index is 884. The average Bonchev–Trinajstić information content (AvgIpc) is 3.19. The fraction of sp³-hybridized carbons (Fsp3) is 0.190. The number of rotatable bonds is 3. The molecule has 0 saturated carbocycles. The van der Waals surface area contributed by atoms with Gasteiger partial charge in [0.15, 0.2) is 5.76 Å². The van der Waals surface area contributed by atoms with Crippen LogP contribution in [0.2, 0.25) is 5.02 Å². The molecule has 0 aliphatic carbocycles. The molecule has 3 aromatic rings. The molecule has 1 aliphatic rings. The van der Waals surface area contributed by atoms with Gasteiger partial charge >= 0.3 is 0 Å². The summed E-state index contributed by atoms with van der Waals surface area (Å²) in [6.45, 7) is 3.60. The Kier molecular flexibility index (Phi) is 4.96. The summed E-state index contributed by atoms with van der Waals surface area (Å²) in [5, 5.41) is 0.764. The zero-order valence-electron chi connectivity index (χ0n) is 14.3. The van der Waals surface area contributed by atoms with Crippen LogP contribution >= 0.6 is 23.8 Å². The van der Waals surface area contributed by atoms with E-state index < -0.39 is 0 Å². The number of thiocarbonyl (C=S) groups is 1. The Morgan fingerprint density at radius 2 is 1.54 bits per heavy atom. The van der Waals surface area contributed by atoms with Crippen molar-refractivity contribution < 1.29 is 4.42 Å². The van der Waals surface area contributed by atoms with Crippen molar-refractivity contribution in [1.82, 2.24) is 4.90 Å². The number of hydrogen-bond donors (Lipinski definition) is 0. The zero-order valence-corrected chi connectivity index (χ0v) is 15.8. The molecule has 0 spiro atoms. The van der Waals surface area contributed by atoms with Gasteiger partial charge in [0.05, 0.1) is 0 Å². The van der Waals surface area contributed by atoms with Gasteiger partial charge in [-0.3, -0.25) is 0 Å². The van der Waals surface area contributed by atoms with Crippen molar-refractivity contribution in [1.29, 1.82) is 0 Å². The van der Waals surface area contributed by atoms with Crippen LogP contribution in [0.5, 0.6) is 0 Å². The Morgan fingerprint density at radius 1 is 0.846 bits per heavy atom. The Labute approximate surface area is 163 Å². The number of benzene rings is 2. The maximum Gasteiger partial charge on any atom is 0.162 e. The maximum atomic E-state index is 6.00. The minimum Gasteiger partial charge on any atom is -0.454 e. The number of furan rings is 1. The van der Waals surface area contributed by atoms with E-state index in [4.69, 9.17) is 28.2 Å². The van der Waals surface area contributed by atoms with Crippen LogP contribution in [0.4, 0.5) is 5.69 Å². The third-order valence-corrected chi connectivity index (χ3v) is 5.35. The summed E-state index contributed by atoms with van der Waals surface area (Å²) < 4.78 is 6.00. The molecule has 0 bridgehead atoms. The number of halogens is 1. The molecule has 1 saturated heterocycles. The zero-order chi connectivity index (χ0) is 17.9. The molecule has 0 amide bonds. The van der Waals surface area contributed by atoms with E-state index in [0.717, 1.165) is 53.3 Å². The number of hydrogen-bond acceptors (Lipinski definition) is 3. The molecule has 132 valence electrons. The van der Waals surface area contributed by atoms with Crippen LogP contribution < -0.4 is 4.90 Å². The van der Waals surface area contributed by atoms with Crippen LogP contribution in [0, 0.1) is 0 Å². The number of piperazine rings is 1. The third kappa shape index (κ3) is 3.62. The minimum atomic E-state index is 0.763. The van der Waals surface area contributed by atoms with Gasteiger partial charge in [-0.2, -0.15) is 0 Å². The van der Waals surface area contributed by atoms with Gasteiger partial charge in [-0.1, -0.05) is 54.2 Å². The summed E-state index contributed by atoms with van der Waals surface area (Å²) in [6.07, 6.45) is 0. The van der Waals surface area contributed by atoms with E-state index in [1.165, 1.54) is 5.69 Å². The van der Waals surface area contributed by atoms with Crippen molar-refractivity contribution in [2.45, 2.75) is 0 Å². The first kappa shape index (κ1) is 17.1. The molecule has 0 N–H and O–H groups in total. The first-order chi connectivity index (χ1) is 12.7. The first-order valence-corrected chi connectivity index (χ1v) is 9.44. The van der Waals surface area contributed by atoms with Crippen molar-refractivity contribution in [3.05, 3.63) is 77.5 Å². The second-order valence-corrected chi connectivity index (χ2v) is 7.11. The van der Waals surface area contributed by atoms with Crippen molar-refractivity contribution in [3.63, 3.8) is 0 Å². The second kappa shape index (κ2) is 7.52. The smallest absolute Gasteiger partial charge is 0.162 e. The molecule has 1 aliphatic heterocycles. The molecule has 3 nitrogen and oxygen atoms in total. The summed E-state index contributed by atoms with van der Waals surface area (Å²) in [6, 6.07) is 22.0. The highest BCUT2D eigenvalue weighted by Gasteiger charge is 2.22. The van der Waals surface area contributed by atoms with Crippen LogP contribution in [0.15, 0.2) is 71.1 Å². The van der Waals surface area contributed by atoms with Crippen molar-refractivity contribution in [3.8, 4) is 11.3 Å². The molecule has 0 radical (unpaired) electrons. The SMILES string of the molecule is S=C(c1ccc(-c2ccccc2)o1)N1CCN(c2ccc(Cl)cc2)CC1. The van der Waals surface area contributed by atoms with Gasteiger partial charge in [0, 0.05) is 42.5 Å². The van der Waals surface area contributed by atoms with Crippen LogP contribution in [0.25, 0.3) is 11.3 Å². The summed E-state index contributed by atoms with van der Waals surface area (Å²) in [5.74, 6) is 1.61. The average molecular weight is 383 g/mol. The highest BCUT2D eigenvalue weighted by Crippen LogP contribution is 2.24. The molecule has 1 aromatic heterocycles. The summed E-state index contributed by atoms with van der Waals surface area (Å²) in [4.78, 5) is 5.35. The molecule has 2 aromatic carbocycles. The lowest BCUT2D eigenvalue weighted by atomic mass is 10.2. The van der Waals surface area contributed by atoms with Crippen molar-refractivity contribution in [2.24, 2.45) is 0 Å². The monoisotopic (exact) mass is 382 g/mol. The number of anilines is 1. The van der Waals surface area contributed by atoms with Gasteiger partial charge < -0.3 is 14.2 Å². The lowest BCUT2D eigenvalue weighted by molar-refractivity contribution is 0.385. The lowest BCUT2D eigenvalue weighted by Gasteiger charge is -2.37. The van der Waals surface area contributed by atoms with E-state index in [9.17, 15) is 0 Å². The normalized spacial score (nSPS) is 14.5. The van der Waals surface area contributed by atoms with Gasteiger partial charge in [0.25, 0.3) is 0 Å². The van der Waals surface area contributed by atoms with Crippen molar-refractivity contribution >= 4 is 34.5 Å². The second-order valence-electron chi connectivity index (χ2n) is 6.29. The molecule has 4 rings (SSSR count). The van der Waals surface area contributed by atoms with Gasteiger partial charge in [0.1, 0.15) is 10.7 Å². The summed E-state index contributed by atoms with van der Waals surface area (Å²) >= 11 is 11.6. The topological polar surface area (TPSA) is 19.6 Å². The highest BCUT2D eigenvalue weighted by atomic mass is 35.5. The minimum absolute atomic E-state index is 0.763. The van der Waals surface area contributed by atoms with E-state index >= 15 is 0 Å². The molecule has 5 heteroatoms. The fourth-order valence-electron chi connectivity index (χ4n) is 3.19. The van der Waals surface area contributed by atoms with Gasteiger partial charge in [-0.15, -0.1) is 0 Å². The van der Waals surface area contributed by atoms with Crippen LogP contribution in [0.1, 0.15) is 5.76 Å². The molecule has 26 heavy (non-hydrogen) atoms. The molecular weight excluding hydrogens is 364 g/mol. The first-order valence-electron chi connectivity index (χ1n) is 8.66. The molecule has 0 atom stereocenters. The highest BCUT2D eigenvalue weighted by molar-refractivity contribution is 7.80. The third-order valence-electron chi connectivity index (χ3n) is 4.63.